The molecule has 3 N–H and O–H groups in total. The molecule has 0 saturated heterocycles. The average molecular weight is 384 g/mol. The van der Waals surface area contributed by atoms with Crippen molar-refractivity contribution in [1.29, 1.82) is 0 Å². The first-order valence-corrected chi connectivity index (χ1v) is 8.09. The summed E-state index contributed by atoms with van der Waals surface area (Å²) >= 11 is 0. The van der Waals surface area contributed by atoms with E-state index in [0.717, 1.165) is 5.69 Å². The normalized spacial score (nSPS) is 24.7. The highest BCUT2D eigenvalue weighted by atomic mass is 35.5. The molecule has 8 nitrogen and oxygen atoms in total. The lowest BCUT2D eigenvalue weighted by Crippen LogP contribution is -2.40. The van der Waals surface area contributed by atoms with Crippen molar-refractivity contribution in [3.63, 3.8) is 0 Å². The molecule has 0 spiro atoms. The lowest BCUT2D eigenvalue weighted by atomic mass is 9.86. The monoisotopic (exact) mass is 383 g/mol. The Morgan fingerprint density at radius 3 is 2.69 bits per heavy atom. The maximum atomic E-state index is 12.1. The summed E-state index contributed by atoms with van der Waals surface area (Å²) in [5.74, 6) is 0.175. The first-order valence-electron chi connectivity index (χ1n) is 8.09. The van der Waals surface area contributed by atoms with Gasteiger partial charge >= 0.3 is 0 Å². The first kappa shape index (κ1) is 20.2. The van der Waals surface area contributed by atoms with Crippen LogP contribution >= 0.6 is 12.4 Å². The summed E-state index contributed by atoms with van der Waals surface area (Å²) in [4.78, 5) is 16.3. The molecule has 3 rings (SSSR count). The topological polar surface area (TPSA) is 118 Å². The number of hydrogen-bond acceptors (Lipinski definition) is 7. The minimum atomic E-state index is -0.851. The van der Waals surface area contributed by atoms with Gasteiger partial charge in [-0.2, -0.15) is 0 Å². The Bertz CT molecular complexity index is 715. The van der Waals surface area contributed by atoms with Gasteiger partial charge in [-0.15, -0.1) is 12.4 Å². The van der Waals surface area contributed by atoms with Crippen molar-refractivity contribution in [3.8, 4) is 5.88 Å². The van der Waals surface area contributed by atoms with Crippen molar-refractivity contribution >= 4 is 18.3 Å². The molecule has 1 unspecified atom stereocenters. The third-order valence-corrected chi connectivity index (χ3v) is 4.40. The van der Waals surface area contributed by atoms with E-state index >= 15 is 0 Å². The van der Waals surface area contributed by atoms with E-state index in [4.69, 9.17) is 9.26 Å². The fourth-order valence-electron chi connectivity index (χ4n) is 3.07. The molecule has 1 saturated carbocycles. The Hall–Kier alpha value is -2.16. The number of amides is 1. The number of hydrogen-bond donors (Lipinski definition) is 3. The van der Waals surface area contributed by atoms with Gasteiger partial charge in [0.05, 0.1) is 25.0 Å². The number of ether oxygens (including phenoxy) is 1. The van der Waals surface area contributed by atoms with Crippen LogP contribution in [0, 0.1) is 12.3 Å². The van der Waals surface area contributed by atoms with E-state index in [1.807, 2.05) is 19.1 Å². The Balaban J connectivity index is 0.00000243. The quantitative estimate of drug-likeness (QED) is 0.683. The van der Waals surface area contributed by atoms with Gasteiger partial charge in [-0.25, -0.2) is 4.98 Å². The molecule has 0 bridgehead atoms. The van der Waals surface area contributed by atoms with E-state index in [2.05, 4.69) is 15.5 Å². The molecule has 2 aromatic heterocycles. The van der Waals surface area contributed by atoms with Crippen molar-refractivity contribution in [3.05, 3.63) is 41.9 Å². The Labute approximate surface area is 157 Å². The number of carbonyl (C=O) groups is 1. The molecular weight excluding hydrogens is 362 g/mol. The highest BCUT2D eigenvalue weighted by Gasteiger charge is 2.45. The van der Waals surface area contributed by atoms with E-state index in [1.54, 1.807) is 6.07 Å². The highest BCUT2D eigenvalue weighted by Crippen LogP contribution is 2.38. The molecule has 3 atom stereocenters. The number of rotatable bonds is 6. The van der Waals surface area contributed by atoms with E-state index in [9.17, 15) is 15.0 Å². The second kappa shape index (κ2) is 8.48. The van der Waals surface area contributed by atoms with Crippen LogP contribution in [-0.2, 0) is 0 Å². The van der Waals surface area contributed by atoms with E-state index < -0.39 is 23.5 Å². The van der Waals surface area contributed by atoms with Crippen LogP contribution in [0.25, 0.3) is 0 Å². The Morgan fingerprint density at radius 1 is 1.35 bits per heavy atom. The van der Waals surface area contributed by atoms with Crippen LogP contribution in [0.2, 0.25) is 0 Å². The van der Waals surface area contributed by atoms with Crippen molar-refractivity contribution in [2.24, 2.45) is 5.41 Å². The summed E-state index contributed by atoms with van der Waals surface area (Å²) in [5, 5.41) is 26.2. The molecule has 2 aromatic rings. The van der Waals surface area contributed by atoms with Gasteiger partial charge in [0.2, 0.25) is 11.6 Å². The molecule has 142 valence electrons. The summed E-state index contributed by atoms with van der Waals surface area (Å²) in [6.45, 7) is 2.31. The smallest absolute Gasteiger partial charge is 0.289 e. The van der Waals surface area contributed by atoms with E-state index in [1.165, 1.54) is 12.3 Å². The van der Waals surface area contributed by atoms with E-state index in [0.29, 0.717) is 18.7 Å². The average Bonchev–Trinajstić information content (AvgIpc) is 3.21. The van der Waals surface area contributed by atoms with Crippen molar-refractivity contribution < 1.29 is 24.3 Å². The number of aromatic nitrogens is 2. The van der Waals surface area contributed by atoms with Gasteiger partial charge in [-0.3, -0.25) is 4.79 Å². The third-order valence-electron chi connectivity index (χ3n) is 4.40. The molecular formula is C17H22ClN3O5. The zero-order chi connectivity index (χ0) is 17.9. The van der Waals surface area contributed by atoms with E-state index in [-0.39, 0.29) is 31.3 Å². The molecule has 1 aliphatic rings. The number of aliphatic hydroxyl groups is 2. The van der Waals surface area contributed by atoms with Crippen LogP contribution in [0.4, 0.5) is 0 Å². The second-order valence-corrected chi connectivity index (χ2v) is 6.51. The van der Waals surface area contributed by atoms with Crippen LogP contribution in [0.15, 0.2) is 35.0 Å². The number of pyridine rings is 1. The standard InChI is InChI=1S/C17H21N3O5.ClH/c1-11-3-2-4-15(20-11)24-10-17(7-12(21)13(22)8-17)9-18-16(23)14-5-6-19-25-14;/h2-6,12-13,21-22H,7-10H2,1H3,(H,18,23);1H/t12-,13+,17?;. The maximum Gasteiger partial charge on any atom is 0.289 e. The summed E-state index contributed by atoms with van der Waals surface area (Å²) in [6.07, 6.45) is 0.320. The lowest BCUT2D eigenvalue weighted by molar-refractivity contribution is 0.0438. The SMILES string of the molecule is Cc1cccc(OCC2(CNC(=O)c3ccno3)C[C@@H](O)[C@@H](O)C2)n1.Cl. The largest absolute Gasteiger partial charge is 0.477 e. The van der Waals surface area contributed by atoms with Crippen molar-refractivity contribution in [2.45, 2.75) is 32.0 Å². The summed E-state index contributed by atoms with van der Waals surface area (Å²) < 4.78 is 10.6. The fraction of sp³-hybridized carbons (Fsp3) is 0.471. The summed E-state index contributed by atoms with van der Waals surface area (Å²) in [5.41, 5.74) is 0.233. The Kier molecular flexibility index (Phi) is 6.57. The van der Waals surface area contributed by atoms with Crippen LogP contribution in [0.5, 0.6) is 5.88 Å². The number of carbonyl (C=O) groups excluding carboxylic acids is 1. The lowest BCUT2D eigenvalue weighted by Gasteiger charge is -2.28. The molecule has 9 heteroatoms. The first-order chi connectivity index (χ1) is 12.0. The predicted octanol–water partition coefficient (Wildman–Crippen LogP) is 1.11. The summed E-state index contributed by atoms with van der Waals surface area (Å²) in [7, 11) is 0. The van der Waals surface area contributed by atoms with Crippen LogP contribution in [0.3, 0.4) is 0 Å². The van der Waals surface area contributed by atoms with Crippen molar-refractivity contribution in [1.82, 2.24) is 15.5 Å². The van der Waals surface area contributed by atoms with Gasteiger partial charge in [0.25, 0.3) is 5.91 Å². The number of nitrogens with zero attached hydrogens (tertiary/aromatic N) is 2. The van der Waals surface area contributed by atoms with Gasteiger partial charge in [-0.1, -0.05) is 11.2 Å². The van der Waals surface area contributed by atoms with Gasteiger partial charge in [-0.05, 0) is 25.8 Å². The number of halogens is 1. The predicted molar refractivity (Wildman–Crippen MR) is 94.2 cm³/mol. The van der Waals surface area contributed by atoms with Crippen LogP contribution < -0.4 is 10.1 Å². The summed E-state index contributed by atoms with van der Waals surface area (Å²) in [6, 6.07) is 6.92. The third kappa shape index (κ3) is 4.72. The second-order valence-electron chi connectivity index (χ2n) is 6.51. The van der Waals surface area contributed by atoms with Crippen LogP contribution in [-0.4, -0.2) is 51.6 Å². The molecule has 0 aromatic carbocycles. The van der Waals surface area contributed by atoms with Gasteiger partial charge in [0.1, 0.15) is 0 Å². The van der Waals surface area contributed by atoms with Crippen LogP contribution in [0.1, 0.15) is 29.1 Å². The molecule has 2 heterocycles. The zero-order valence-electron chi connectivity index (χ0n) is 14.3. The number of aryl methyl sites for hydroxylation is 1. The molecule has 26 heavy (non-hydrogen) atoms. The fourth-order valence-corrected chi connectivity index (χ4v) is 3.07. The van der Waals surface area contributed by atoms with Gasteiger partial charge in [0, 0.05) is 29.8 Å². The zero-order valence-corrected chi connectivity index (χ0v) is 15.1. The van der Waals surface area contributed by atoms with Gasteiger partial charge < -0.3 is 24.8 Å². The number of nitrogens with one attached hydrogen (secondary N) is 1. The molecule has 0 radical (unpaired) electrons. The maximum absolute atomic E-state index is 12.1. The molecule has 1 aliphatic carbocycles. The number of aliphatic hydroxyl groups excluding tert-OH is 2. The minimum absolute atomic E-state index is 0. The van der Waals surface area contributed by atoms with Gasteiger partial charge in [0.15, 0.2) is 0 Å². The minimum Gasteiger partial charge on any atom is -0.477 e. The van der Waals surface area contributed by atoms with Crippen molar-refractivity contribution in [2.75, 3.05) is 13.2 Å². The molecule has 1 fully saturated rings. The highest BCUT2D eigenvalue weighted by molar-refractivity contribution is 5.91. The molecule has 1 amide bonds. The molecule has 0 aliphatic heterocycles. The Morgan fingerprint density at radius 2 is 2.08 bits per heavy atom.